The molecule has 2 N–H and O–H groups in total. The van der Waals surface area contributed by atoms with E-state index >= 15 is 0 Å². The highest BCUT2D eigenvalue weighted by molar-refractivity contribution is 9.11. The summed E-state index contributed by atoms with van der Waals surface area (Å²) in [4.78, 5) is 27.7. The lowest BCUT2D eigenvalue weighted by molar-refractivity contribution is 0.100. The summed E-state index contributed by atoms with van der Waals surface area (Å²) in [7, 11) is -4.76. The molecule has 0 radical (unpaired) electrons. The maximum Gasteiger partial charge on any atom is 0.299 e. The van der Waals surface area contributed by atoms with E-state index in [0.717, 1.165) is 0 Å². The van der Waals surface area contributed by atoms with Crippen LogP contribution in [-0.4, -0.2) is 30.2 Å². The summed E-state index contributed by atoms with van der Waals surface area (Å²) in [6, 6.07) is 25.2. The van der Waals surface area contributed by atoms with Crippen molar-refractivity contribution < 1.29 is 32.4 Å². The summed E-state index contributed by atoms with van der Waals surface area (Å²) in [6.45, 7) is 0. The third-order valence-electron chi connectivity index (χ3n) is 7.41. The van der Waals surface area contributed by atoms with Gasteiger partial charge in [0.1, 0.15) is 16.4 Å². The maximum atomic E-state index is 14.3. The minimum Gasteiger partial charge on any atom is -0.506 e. The average molecular weight is 878 g/mol. The Hall–Kier alpha value is -3.13. The molecule has 0 aromatic heterocycles. The number of hydrogen-bond acceptors (Lipinski definition) is 7. The maximum absolute atomic E-state index is 14.3. The van der Waals surface area contributed by atoms with Crippen molar-refractivity contribution in [1.82, 2.24) is 0 Å². The number of carbonyl (C=O) groups excluding carboxylic acids is 2. The van der Waals surface area contributed by atoms with Gasteiger partial charge in [0, 0.05) is 22.3 Å². The van der Waals surface area contributed by atoms with Gasteiger partial charge in [0.05, 0.1) is 23.5 Å². The van der Waals surface area contributed by atoms with Crippen LogP contribution in [0.1, 0.15) is 48.5 Å². The Morgan fingerprint density at radius 1 is 0.622 bits per heavy atom. The van der Waals surface area contributed by atoms with Gasteiger partial charge in [-0.2, -0.15) is 8.42 Å². The van der Waals surface area contributed by atoms with Gasteiger partial charge in [0.2, 0.25) is 0 Å². The smallest absolute Gasteiger partial charge is 0.299 e. The molecule has 0 atom stereocenters. The molecule has 0 unspecified atom stereocenters. The van der Waals surface area contributed by atoms with Crippen LogP contribution in [0.25, 0.3) is 0 Å². The zero-order valence-electron chi connectivity index (χ0n) is 22.6. The first-order valence-corrected chi connectivity index (χ1v) is 17.6. The average Bonchev–Trinajstić information content (AvgIpc) is 3.29. The van der Waals surface area contributed by atoms with Crippen LogP contribution < -0.4 is 0 Å². The number of rotatable bonds is 6. The van der Waals surface area contributed by atoms with Crippen molar-refractivity contribution in [3.8, 4) is 11.5 Å². The summed E-state index contributed by atoms with van der Waals surface area (Å²) in [5.41, 5.74) is -1.38. The fourth-order valence-corrected chi connectivity index (χ4v) is 9.38. The van der Waals surface area contributed by atoms with Crippen molar-refractivity contribution in [1.29, 1.82) is 0 Å². The molecule has 5 aromatic rings. The zero-order chi connectivity index (χ0) is 32.3. The second-order valence-electron chi connectivity index (χ2n) is 10.1. The number of carbonyl (C=O) groups is 2. The standard InChI is InChI=1S/C33H18Br4O7S/c34-23-13-19(14-24(35)30(23)40)33(20-15-25(36)31(41)26(37)16-20)22-12-11-21(28(38)17-7-3-1-4-8-17)27(32(22)45(42,43)44-33)29(39)18-9-5-2-6-10-18/h1-16,40-41H. The molecule has 1 aliphatic heterocycles. The summed E-state index contributed by atoms with van der Waals surface area (Å²) in [5, 5.41) is 21.0. The molecule has 0 saturated carbocycles. The Labute approximate surface area is 291 Å². The van der Waals surface area contributed by atoms with E-state index in [9.17, 15) is 28.2 Å². The largest absolute Gasteiger partial charge is 0.506 e. The normalized spacial score (nSPS) is 14.6. The fraction of sp³-hybridized carbons (Fsp3) is 0.0303. The number of phenols is 2. The highest BCUT2D eigenvalue weighted by Gasteiger charge is 2.54. The first kappa shape index (κ1) is 31.8. The Morgan fingerprint density at radius 2 is 1.04 bits per heavy atom. The molecule has 1 heterocycles. The topological polar surface area (TPSA) is 118 Å². The van der Waals surface area contributed by atoms with Gasteiger partial charge in [0.25, 0.3) is 10.1 Å². The van der Waals surface area contributed by atoms with Gasteiger partial charge in [-0.15, -0.1) is 0 Å². The van der Waals surface area contributed by atoms with E-state index in [4.69, 9.17) is 4.18 Å². The molecule has 0 aliphatic carbocycles. The number of benzene rings is 5. The zero-order valence-corrected chi connectivity index (χ0v) is 29.8. The second kappa shape index (κ2) is 11.9. The highest BCUT2D eigenvalue weighted by Crippen LogP contribution is 2.55. The Kier molecular flexibility index (Phi) is 8.42. The predicted molar refractivity (Wildman–Crippen MR) is 181 cm³/mol. The van der Waals surface area contributed by atoms with Gasteiger partial charge < -0.3 is 10.2 Å². The first-order valence-electron chi connectivity index (χ1n) is 13.1. The molecule has 5 aromatic carbocycles. The van der Waals surface area contributed by atoms with Crippen molar-refractivity contribution in [2.75, 3.05) is 0 Å². The van der Waals surface area contributed by atoms with Gasteiger partial charge in [-0.25, -0.2) is 4.18 Å². The van der Waals surface area contributed by atoms with Crippen molar-refractivity contribution >= 4 is 85.4 Å². The monoisotopic (exact) mass is 874 g/mol. The van der Waals surface area contributed by atoms with E-state index in [1.165, 1.54) is 48.5 Å². The lowest BCUT2D eigenvalue weighted by Gasteiger charge is -2.30. The molecule has 12 heteroatoms. The molecule has 0 fully saturated rings. The van der Waals surface area contributed by atoms with Crippen LogP contribution in [0.4, 0.5) is 0 Å². The third kappa shape index (κ3) is 5.31. The molecule has 0 saturated heterocycles. The summed E-state index contributed by atoms with van der Waals surface area (Å²) < 4.78 is 35.7. The quantitative estimate of drug-likeness (QED) is 0.130. The number of hydrogen-bond donors (Lipinski definition) is 2. The number of halogens is 4. The lowest BCUT2D eigenvalue weighted by Crippen LogP contribution is -2.30. The van der Waals surface area contributed by atoms with E-state index in [0.29, 0.717) is 0 Å². The van der Waals surface area contributed by atoms with E-state index in [2.05, 4.69) is 63.7 Å². The third-order valence-corrected chi connectivity index (χ3v) is 11.2. The van der Waals surface area contributed by atoms with Gasteiger partial charge in [0.15, 0.2) is 17.2 Å². The Morgan fingerprint density at radius 3 is 1.49 bits per heavy atom. The Balaban J connectivity index is 1.77. The minimum atomic E-state index is -4.76. The number of fused-ring (bicyclic) bond motifs is 1. The Bertz CT molecular complexity index is 2050. The molecule has 1 aliphatic rings. The number of ketones is 2. The van der Waals surface area contributed by atoms with Crippen LogP contribution in [0, 0.1) is 0 Å². The van der Waals surface area contributed by atoms with Gasteiger partial charge in [-0.05, 0) is 105 Å². The van der Waals surface area contributed by atoms with Crippen LogP contribution in [0.3, 0.4) is 0 Å². The molecule has 45 heavy (non-hydrogen) atoms. The molecular weight excluding hydrogens is 860 g/mol. The molecule has 226 valence electrons. The van der Waals surface area contributed by atoms with Crippen LogP contribution in [0.5, 0.6) is 11.5 Å². The minimum absolute atomic E-state index is 0.0559. The molecule has 0 spiro atoms. The molecule has 0 amide bonds. The first-order chi connectivity index (χ1) is 21.4. The lowest BCUT2D eigenvalue weighted by atomic mass is 9.78. The summed E-state index contributed by atoms with van der Waals surface area (Å²) in [5.74, 6) is -1.50. The summed E-state index contributed by atoms with van der Waals surface area (Å²) >= 11 is 13.3. The second-order valence-corrected chi connectivity index (χ2v) is 15.0. The van der Waals surface area contributed by atoms with E-state index < -0.39 is 32.2 Å². The van der Waals surface area contributed by atoms with E-state index in [1.807, 2.05) is 0 Å². The summed E-state index contributed by atoms with van der Waals surface area (Å²) in [6.07, 6.45) is 0. The van der Waals surface area contributed by atoms with E-state index in [1.54, 1.807) is 48.5 Å². The van der Waals surface area contributed by atoms with Gasteiger partial charge >= 0.3 is 0 Å². The van der Waals surface area contributed by atoms with Crippen LogP contribution in [0.15, 0.2) is 120 Å². The fourth-order valence-electron chi connectivity index (χ4n) is 5.38. The number of aromatic hydroxyl groups is 2. The van der Waals surface area contributed by atoms with E-state index in [-0.39, 0.29) is 68.3 Å². The van der Waals surface area contributed by atoms with Crippen molar-refractivity contribution in [2.45, 2.75) is 10.5 Å². The molecular formula is C33H18Br4O7S. The van der Waals surface area contributed by atoms with Crippen molar-refractivity contribution in [3.05, 3.63) is 154 Å². The molecule has 0 bridgehead atoms. The van der Waals surface area contributed by atoms with Crippen molar-refractivity contribution in [2.24, 2.45) is 0 Å². The highest BCUT2D eigenvalue weighted by atomic mass is 79.9. The van der Waals surface area contributed by atoms with Crippen LogP contribution >= 0.6 is 63.7 Å². The van der Waals surface area contributed by atoms with Crippen LogP contribution in [0.2, 0.25) is 0 Å². The SMILES string of the molecule is O=C(c1ccccc1)c1ccc2c(c1C(=O)c1ccccc1)S(=O)(=O)OC2(c1cc(Br)c(O)c(Br)c1)c1cc(Br)c(O)c(Br)c1. The van der Waals surface area contributed by atoms with Crippen LogP contribution in [-0.2, 0) is 19.9 Å². The van der Waals surface area contributed by atoms with Crippen molar-refractivity contribution in [3.63, 3.8) is 0 Å². The predicted octanol–water partition coefficient (Wildman–Crippen LogP) is 8.62. The molecule has 7 nitrogen and oxygen atoms in total. The molecule has 6 rings (SSSR count). The van der Waals surface area contributed by atoms with Gasteiger partial charge in [-0.3, -0.25) is 9.59 Å². The van der Waals surface area contributed by atoms with Gasteiger partial charge in [-0.1, -0.05) is 66.7 Å². The number of phenolic OH excluding ortho intramolecular Hbond substituents is 2.